The van der Waals surface area contributed by atoms with E-state index >= 15 is 0 Å². The van der Waals surface area contributed by atoms with E-state index in [1.807, 2.05) is 31.2 Å². The van der Waals surface area contributed by atoms with Crippen LogP contribution in [0.2, 0.25) is 0 Å². The molecule has 3 aliphatic rings. The Balaban J connectivity index is 1.44. The van der Waals surface area contributed by atoms with Crippen molar-refractivity contribution in [3.63, 3.8) is 0 Å². The number of nitriles is 1. The van der Waals surface area contributed by atoms with E-state index in [1.54, 1.807) is 0 Å². The molecule has 1 atom stereocenters. The molecule has 1 saturated carbocycles. The second-order valence-corrected chi connectivity index (χ2v) is 10.2. The van der Waals surface area contributed by atoms with Gasteiger partial charge in [-0.2, -0.15) is 5.26 Å². The summed E-state index contributed by atoms with van der Waals surface area (Å²) >= 11 is 0. The summed E-state index contributed by atoms with van der Waals surface area (Å²) < 4.78 is 0. The van der Waals surface area contributed by atoms with Gasteiger partial charge >= 0.3 is 0 Å². The molecule has 5 rings (SSSR count). The summed E-state index contributed by atoms with van der Waals surface area (Å²) in [5, 5.41) is 16.6. The molecule has 0 bridgehead atoms. The highest BCUT2D eigenvalue weighted by atomic mass is 15.2. The van der Waals surface area contributed by atoms with E-state index in [9.17, 15) is 5.26 Å². The number of hydrogen-bond acceptors (Lipinski definition) is 5. The first-order chi connectivity index (χ1) is 17.1. The monoisotopic (exact) mass is 467 g/mol. The third-order valence-corrected chi connectivity index (χ3v) is 7.86. The molecule has 1 aliphatic carbocycles. The number of rotatable bonds is 4. The maximum Gasteiger partial charge on any atom is 0.0992 e. The Bertz CT molecular complexity index is 1160. The minimum Gasteiger partial charge on any atom is -0.401 e. The van der Waals surface area contributed by atoms with Gasteiger partial charge in [-0.3, -0.25) is 4.90 Å². The van der Waals surface area contributed by atoms with E-state index in [0.29, 0.717) is 5.56 Å². The van der Waals surface area contributed by atoms with Crippen molar-refractivity contribution in [2.24, 2.45) is 5.73 Å². The first kappa shape index (κ1) is 23.5. The fraction of sp³-hybridized carbons (Fsp3) is 0.433. The van der Waals surface area contributed by atoms with E-state index < -0.39 is 0 Å². The average molecular weight is 468 g/mol. The molecule has 0 saturated heterocycles. The number of allylic oxidation sites excluding steroid dienone is 1. The fourth-order valence-corrected chi connectivity index (χ4v) is 5.98. The van der Waals surface area contributed by atoms with Crippen LogP contribution in [0.25, 0.3) is 11.3 Å². The quantitative estimate of drug-likeness (QED) is 0.532. The minimum atomic E-state index is 0.131. The number of benzene rings is 2. The Kier molecular flexibility index (Phi) is 7.11. The predicted molar refractivity (Wildman–Crippen MR) is 144 cm³/mol. The molecule has 2 aromatic rings. The van der Waals surface area contributed by atoms with Gasteiger partial charge in [-0.15, -0.1) is 0 Å². The lowest BCUT2D eigenvalue weighted by atomic mass is 9.89. The zero-order valence-corrected chi connectivity index (χ0v) is 20.8. The Morgan fingerprint density at radius 1 is 1.11 bits per heavy atom. The first-order valence-corrected chi connectivity index (χ1v) is 13.2. The lowest BCUT2D eigenvalue weighted by molar-refractivity contribution is 0.171. The van der Waals surface area contributed by atoms with Crippen molar-refractivity contribution in [3.05, 3.63) is 76.5 Å². The fourth-order valence-electron chi connectivity index (χ4n) is 5.98. The van der Waals surface area contributed by atoms with E-state index in [1.165, 1.54) is 54.4 Å². The SMILES string of the molecule is C/C(N)=C1/NCCC(Nc2cccc(C#N)c2)c2cc(C3=CCN(C4CCCCC4)CC3)ccc21. The van der Waals surface area contributed by atoms with E-state index in [4.69, 9.17) is 5.73 Å². The van der Waals surface area contributed by atoms with Gasteiger partial charge in [-0.05, 0) is 73.6 Å². The zero-order valence-electron chi connectivity index (χ0n) is 20.8. The topological polar surface area (TPSA) is 77.1 Å². The molecule has 182 valence electrons. The molecule has 2 aliphatic heterocycles. The van der Waals surface area contributed by atoms with Crippen LogP contribution in [-0.2, 0) is 0 Å². The van der Waals surface area contributed by atoms with Gasteiger partial charge in [0.05, 0.1) is 23.4 Å². The maximum atomic E-state index is 9.33. The largest absolute Gasteiger partial charge is 0.401 e. The van der Waals surface area contributed by atoms with Crippen LogP contribution in [-0.4, -0.2) is 30.6 Å². The van der Waals surface area contributed by atoms with Crippen LogP contribution in [0, 0.1) is 11.3 Å². The average Bonchev–Trinajstić information content (AvgIpc) is 3.08. The van der Waals surface area contributed by atoms with Crippen molar-refractivity contribution in [1.29, 1.82) is 5.26 Å². The molecule has 0 amide bonds. The third-order valence-electron chi connectivity index (χ3n) is 7.86. The van der Waals surface area contributed by atoms with Gasteiger partial charge in [0, 0.05) is 42.6 Å². The van der Waals surface area contributed by atoms with Crippen molar-refractivity contribution >= 4 is 17.0 Å². The second-order valence-electron chi connectivity index (χ2n) is 10.2. The molecule has 2 heterocycles. The molecule has 2 aromatic carbocycles. The van der Waals surface area contributed by atoms with Gasteiger partial charge in [0.15, 0.2) is 0 Å². The Morgan fingerprint density at radius 2 is 1.97 bits per heavy atom. The highest BCUT2D eigenvalue weighted by Crippen LogP contribution is 2.36. The summed E-state index contributed by atoms with van der Waals surface area (Å²) in [6.07, 6.45) is 11.4. The third kappa shape index (κ3) is 5.23. The summed E-state index contributed by atoms with van der Waals surface area (Å²) in [5.74, 6) is 0. The smallest absolute Gasteiger partial charge is 0.0992 e. The lowest BCUT2D eigenvalue weighted by Gasteiger charge is -2.36. The summed E-state index contributed by atoms with van der Waals surface area (Å²) in [5.41, 5.74) is 15.0. The molecule has 1 unspecified atom stereocenters. The van der Waals surface area contributed by atoms with Crippen LogP contribution < -0.4 is 16.4 Å². The van der Waals surface area contributed by atoms with Crippen molar-refractivity contribution < 1.29 is 0 Å². The van der Waals surface area contributed by atoms with E-state index in [0.717, 1.165) is 55.6 Å². The van der Waals surface area contributed by atoms with E-state index in [-0.39, 0.29) is 6.04 Å². The zero-order chi connectivity index (χ0) is 24.2. The van der Waals surface area contributed by atoms with Gasteiger partial charge < -0.3 is 16.4 Å². The van der Waals surface area contributed by atoms with Crippen LogP contribution in [0.1, 0.15) is 80.2 Å². The Hall–Kier alpha value is -3.23. The van der Waals surface area contributed by atoms with Crippen molar-refractivity contribution in [3.8, 4) is 6.07 Å². The summed E-state index contributed by atoms with van der Waals surface area (Å²) in [6, 6.07) is 17.8. The molecule has 4 N–H and O–H groups in total. The molecule has 1 fully saturated rings. The van der Waals surface area contributed by atoms with Gasteiger partial charge in [-0.25, -0.2) is 0 Å². The van der Waals surface area contributed by atoms with Crippen LogP contribution in [0.3, 0.4) is 0 Å². The van der Waals surface area contributed by atoms with Crippen molar-refractivity contribution in [1.82, 2.24) is 10.2 Å². The summed E-state index contributed by atoms with van der Waals surface area (Å²) in [4.78, 5) is 2.70. The highest BCUT2D eigenvalue weighted by molar-refractivity contribution is 5.75. The van der Waals surface area contributed by atoms with Crippen LogP contribution in [0.4, 0.5) is 5.69 Å². The number of hydrogen-bond donors (Lipinski definition) is 3. The molecular weight excluding hydrogens is 430 g/mol. The maximum absolute atomic E-state index is 9.33. The Morgan fingerprint density at radius 3 is 2.71 bits per heavy atom. The molecule has 5 heteroatoms. The standard InChI is InChI=1S/C30H37N5/c1-21(32)30-27-11-10-24(23-13-16-35(17-14-23)26-8-3-2-4-9-26)19-28(27)29(12-15-33-30)34-25-7-5-6-22(18-25)20-31/h5-7,10-11,13,18-19,26,29,33-34H,2-4,8-9,12,14-17,32H2,1H3/b30-21-. The number of nitrogens with two attached hydrogens (primary N) is 1. The highest BCUT2D eigenvalue weighted by Gasteiger charge is 2.26. The number of nitrogens with zero attached hydrogens (tertiary/aromatic N) is 2. The van der Waals surface area contributed by atoms with Gasteiger partial charge in [0.25, 0.3) is 0 Å². The second kappa shape index (κ2) is 10.6. The van der Waals surface area contributed by atoms with E-state index in [2.05, 4.69) is 45.9 Å². The number of nitrogens with one attached hydrogen (secondary N) is 2. The van der Waals surface area contributed by atoms with Crippen LogP contribution >= 0.6 is 0 Å². The predicted octanol–water partition coefficient (Wildman–Crippen LogP) is 5.77. The first-order valence-electron chi connectivity index (χ1n) is 13.2. The van der Waals surface area contributed by atoms with Crippen LogP contribution in [0.15, 0.2) is 54.2 Å². The summed E-state index contributed by atoms with van der Waals surface area (Å²) in [6.45, 7) is 5.02. The molecule has 0 radical (unpaired) electrons. The number of anilines is 1. The van der Waals surface area contributed by atoms with Gasteiger partial charge in [0.1, 0.15) is 0 Å². The number of fused-ring (bicyclic) bond motifs is 1. The van der Waals surface area contributed by atoms with Crippen molar-refractivity contribution in [2.45, 2.75) is 64.0 Å². The summed E-state index contributed by atoms with van der Waals surface area (Å²) in [7, 11) is 0. The molecule has 5 nitrogen and oxygen atoms in total. The van der Waals surface area contributed by atoms with Gasteiger partial charge in [0.2, 0.25) is 0 Å². The molecular formula is C30H37N5. The lowest BCUT2D eigenvalue weighted by Crippen LogP contribution is -2.39. The van der Waals surface area contributed by atoms with Crippen molar-refractivity contribution in [2.75, 3.05) is 25.0 Å². The molecule has 0 spiro atoms. The molecule has 0 aromatic heterocycles. The normalized spacial score (nSPS) is 22.7. The minimum absolute atomic E-state index is 0.131. The Labute approximate surface area is 209 Å². The van der Waals surface area contributed by atoms with Crippen LogP contribution in [0.5, 0.6) is 0 Å². The molecule has 35 heavy (non-hydrogen) atoms. The van der Waals surface area contributed by atoms with Gasteiger partial charge in [-0.1, -0.05) is 43.5 Å².